The molecule has 1 nitrogen and oxygen atoms in total. The summed E-state index contributed by atoms with van der Waals surface area (Å²) in [5, 5.41) is 0. The lowest BCUT2D eigenvalue weighted by atomic mass is 10.0. The van der Waals surface area contributed by atoms with E-state index in [0.29, 0.717) is 6.04 Å². The van der Waals surface area contributed by atoms with Crippen LogP contribution in [0.5, 0.6) is 0 Å². The molecule has 1 aromatic carbocycles. The Morgan fingerprint density at radius 2 is 1.77 bits per heavy atom. The molecule has 0 unspecified atom stereocenters. The minimum absolute atomic E-state index is 0.334. The Morgan fingerprint density at radius 3 is 2.15 bits per heavy atom. The van der Waals surface area contributed by atoms with Crippen LogP contribution in [0.25, 0.3) is 0 Å². The number of hydrogen-bond donors (Lipinski definition) is 0. The summed E-state index contributed by atoms with van der Waals surface area (Å²) in [6.07, 6.45) is 0. The van der Waals surface area contributed by atoms with Gasteiger partial charge in [-0.3, -0.25) is 4.90 Å². The van der Waals surface area contributed by atoms with Crippen LogP contribution in [-0.4, -0.2) is 19.0 Å². The Kier molecular flexibility index (Phi) is 3.26. The summed E-state index contributed by atoms with van der Waals surface area (Å²) in [6.45, 7) is 6.08. The Hall–Kier alpha value is -1.08. The molecule has 0 N–H and O–H groups in total. The Labute approximate surface area is 80.7 Å². The lowest BCUT2D eigenvalue weighted by Crippen LogP contribution is -2.20. The maximum atomic E-state index is 4.01. The zero-order valence-corrected chi connectivity index (χ0v) is 8.62. The minimum atomic E-state index is 0.334. The van der Waals surface area contributed by atoms with Gasteiger partial charge in [0.2, 0.25) is 0 Å². The summed E-state index contributed by atoms with van der Waals surface area (Å²) in [5.74, 6) is 0. The fourth-order valence-corrected chi connectivity index (χ4v) is 1.66. The molecule has 0 amide bonds. The average molecular weight is 175 g/mol. The maximum absolute atomic E-state index is 4.01. The predicted molar refractivity (Wildman–Crippen MR) is 57.7 cm³/mol. The molecule has 1 atom stereocenters. The number of hydrogen-bond acceptors (Lipinski definition) is 1. The van der Waals surface area contributed by atoms with Crippen molar-refractivity contribution in [2.24, 2.45) is 0 Å². The van der Waals surface area contributed by atoms with Gasteiger partial charge in [-0.1, -0.05) is 42.5 Å². The molecule has 0 saturated heterocycles. The molecule has 0 fully saturated rings. The fourth-order valence-electron chi connectivity index (χ4n) is 1.66. The monoisotopic (exact) mass is 175 g/mol. The Balaban J connectivity index is 2.96. The largest absolute Gasteiger partial charge is 0.299 e. The molecule has 1 aromatic rings. The fraction of sp³-hybridized carbons (Fsp3) is 0.333. The van der Waals surface area contributed by atoms with Crippen molar-refractivity contribution >= 4 is 0 Å². The van der Waals surface area contributed by atoms with E-state index in [4.69, 9.17) is 0 Å². The van der Waals surface area contributed by atoms with Crippen molar-refractivity contribution in [3.05, 3.63) is 48.0 Å². The van der Waals surface area contributed by atoms with E-state index in [1.165, 1.54) is 11.1 Å². The van der Waals surface area contributed by atoms with E-state index in [1.807, 2.05) is 6.07 Å². The first kappa shape index (κ1) is 10.0. The van der Waals surface area contributed by atoms with Gasteiger partial charge in [0.15, 0.2) is 0 Å². The molecule has 1 heteroatoms. The second-order valence-electron chi connectivity index (χ2n) is 3.62. The number of likely N-dealkylation sites (N-methyl/N-ethyl adjacent to an activating group) is 1. The summed E-state index contributed by atoms with van der Waals surface area (Å²) in [6, 6.07) is 10.8. The molecule has 0 saturated carbocycles. The van der Waals surface area contributed by atoms with Crippen molar-refractivity contribution in [1.29, 1.82) is 0 Å². The molecule has 0 radical (unpaired) electrons. The first-order chi connectivity index (χ1) is 6.13. The quantitative estimate of drug-likeness (QED) is 0.638. The standard InChI is InChI=1S/C12H17N/c1-10(2)12(13(3)4)11-8-6-5-7-9-11/h5-9,12H,1H2,2-4H3/t12-/m0/s1. The molecule has 0 spiro atoms. The van der Waals surface area contributed by atoms with E-state index in [1.54, 1.807) is 0 Å². The van der Waals surface area contributed by atoms with E-state index in [9.17, 15) is 0 Å². The molecule has 0 aliphatic carbocycles. The molecule has 13 heavy (non-hydrogen) atoms. The third kappa shape index (κ3) is 2.43. The van der Waals surface area contributed by atoms with Gasteiger partial charge in [0.05, 0.1) is 6.04 Å². The van der Waals surface area contributed by atoms with Gasteiger partial charge in [0, 0.05) is 0 Å². The number of benzene rings is 1. The molecule has 70 valence electrons. The van der Waals surface area contributed by atoms with Gasteiger partial charge < -0.3 is 0 Å². The summed E-state index contributed by atoms with van der Waals surface area (Å²) in [7, 11) is 4.15. The molecular weight excluding hydrogens is 158 g/mol. The zero-order valence-electron chi connectivity index (χ0n) is 8.62. The first-order valence-corrected chi connectivity index (χ1v) is 4.49. The van der Waals surface area contributed by atoms with E-state index in [2.05, 4.69) is 56.8 Å². The summed E-state index contributed by atoms with van der Waals surface area (Å²) >= 11 is 0. The predicted octanol–water partition coefficient (Wildman–Crippen LogP) is 2.87. The SMILES string of the molecule is C=C(C)[C@@H](c1ccccc1)N(C)C. The highest BCUT2D eigenvalue weighted by Crippen LogP contribution is 2.24. The smallest absolute Gasteiger partial charge is 0.0550 e. The van der Waals surface area contributed by atoms with Gasteiger partial charge in [-0.05, 0) is 26.6 Å². The van der Waals surface area contributed by atoms with E-state index in [0.717, 1.165) is 0 Å². The summed E-state index contributed by atoms with van der Waals surface area (Å²) in [5.41, 5.74) is 2.48. The molecule has 1 rings (SSSR count). The lowest BCUT2D eigenvalue weighted by Gasteiger charge is -2.24. The highest BCUT2D eigenvalue weighted by molar-refractivity contribution is 5.25. The van der Waals surface area contributed by atoms with Gasteiger partial charge in [-0.15, -0.1) is 0 Å². The van der Waals surface area contributed by atoms with E-state index >= 15 is 0 Å². The molecular formula is C12H17N. The van der Waals surface area contributed by atoms with Gasteiger partial charge >= 0.3 is 0 Å². The molecule has 0 aliphatic heterocycles. The van der Waals surface area contributed by atoms with Crippen molar-refractivity contribution in [3.8, 4) is 0 Å². The van der Waals surface area contributed by atoms with Crippen LogP contribution < -0.4 is 0 Å². The second-order valence-corrected chi connectivity index (χ2v) is 3.62. The highest BCUT2D eigenvalue weighted by atomic mass is 15.1. The molecule has 0 aliphatic rings. The third-order valence-corrected chi connectivity index (χ3v) is 2.10. The van der Waals surface area contributed by atoms with Crippen LogP contribution in [0.4, 0.5) is 0 Å². The van der Waals surface area contributed by atoms with Gasteiger partial charge in [0.1, 0.15) is 0 Å². The van der Waals surface area contributed by atoms with Crippen molar-refractivity contribution in [2.45, 2.75) is 13.0 Å². The zero-order chi connectivity index (χ0) is 9.84. The molecule has 0 aromatic heterocycles. The van der Waals surface area contributed by atoms with Crippen LogP contribution in [0, 0.1) is 0 Å². The highest BCUT2D eigenvalue weighted by Gasteiger charge is 2.13. The second kappa shape index (κ2) is 4.24. The Morgan fingerprint density at radius 1 is 1.23 bits per heavy atom. The van der Waals surface area contributed by atoms with Gasteiger partial charge in [-0.25, -0.2) is 0 Å². The van der Waals surface area contributed by atoms with E-state index < -0.39 is 0 Å². The van der Waals surface area contributed by atoms with Crippen LogP contribution >= 0.6 is 0 Å². The lowest BCUT2D eigenvalue weighted by molar-refractivity contribution is 0.338. The topological polar surface area (TPSA) is 3.24 Å². The van der Waals surface area contributed by atoms with E-state index in [-0.39, 0.29) is 0 Å². The van der Waals surface area contributed by atoms with Gasteiger partial charge in [-0.2, -0.15) is 0 Å². The summed E-state index contributed by atoms with van der Waals surface area (Å²) < 4.78 is 0. The number of nitrogens with zero attached hydrogens (tertiary/aromatic N) is 1. The van der Waals surface area contributed by atoms with Gasteiger partial charge in [0.25, 0.3) is 0 Å². The van der Waals surface area contributed by atoms with Crippen LogP contribution in [-0.2, 0) is 0 Å². The number of rotatable bonds is 3. The minimum Gasteiger partial charge on any atom is -0.299 e. The Bertz CT molecular complexity index is 274. The van der Waals surface area contributed by atoms with Crippen molar-refractivity contribution in [1.82, 2.24) is 4.90 Å². The van der Waals surface area contributed by atoms with Crippen LogP contribution in [0.2, 0.25) is 0 Å². The van der Waals surface area contributed by atoms with Crippen LogP contribution in [0.15, 0.2) is 42.5 Å². The molecule has 0 heterocycles. The molecule has 0 bridgehead atoms. The first-order valence-electron chi connectivity index (χ1n) is 4.49. The average Bonchev–Trinajstić information content (AvgIpc) is 2.04. The summed E-state index contributed by atoms with van der Waals surface area (Å²) in [4.78, 5) is 2.18. The van der Waals surface area contributed by atoms with Crippen LogP contribution in [0.1, 0.15) is 18.5 Å². The normalized spacial score (nSPS) is 12.9. The van der Waals surface area contributed by atoms with Crippen LogP contribution in [0.3, 0.4) is 0 Å². The van der Waals surface area contributed by atoms with Crippen molar-refractivity contribution < 1.29 is 0 Å². The van der Waals surface area contributed by atoms with Crippen molar-refractivity contribution in [2.75, 3.05) is 14.1 Å². The van der Waals surface area contributed by atoms with Crippen molar-refractivity contribution in [3.63, 3.8) is 0 Å². The third-order valence-electron chi connectivity index (χ3n) is 2.10. The maximum Gasteiger partial charge on any atom is 0.0550 e.